The Kier molecular flexibility index (Phi) is 6.92. The molecule has 9 aromatic rings. The molecule has 10 heteroatoms. The summed E-state index contributed by atoms with van der Waals surface area (Å²) < 4.78 is 4.66. The predicted octanol–water partition coefficient (Wildman–Crippen LogP) is 4.31. The Hall–Kier alpha value is -5.33. The zero-order valence-corrected chi connectivity index (χ0v) is 26.9. The lowest BCUT2D eigenvalue weighted by atomic mass is 9.60. The molecule has 0 aliphatic heterocycles. The molecule has 9 rings (SSSR count). The molecule has 0 spiro atoms. The van der Waals surface area contributed by atoms with E-state index in [0.717, 1.165) is 26.9 Å². The number of hydrogen-bond acceptors (Lipinski definition) is 4. The van der Waals surface area contributed by atoms with Gasteiger partial charge in [-0.3, -0.25) is 0 Å². The van der Waals surface area contributed by atoms with Gasteiger partial charge in [-0.1, -0.05) is 102 Å². The highest BCUT2D eigenvalue weighted by atomic mass is 32.1. The van der Waals surface area contributed by atoms with Crippen LogP contribution in [-0.2, 0) is 0 Å². The summed E-state index contributed by atoms with van der Waals surface area (Å²) in [5, 5.41) is 4.78. The van der Waals surface area contributed by atoms with E-state index >= 15 is 0 Å². The summed E-state index contributed by atoms with van der Waals surface area (Å²) in [5.41, 5.74) is 6.14. The van der Waals surface area contributed by atoms with E-state index in [4.69, 9.17) is 54.2 Å². The molecule has 216 valence electrons. The van der Waals surface area contributed by atoms with Crippen LogP contribution < -0.4 is 27.3 Å². The lowest BCUT2D eigenvalue weighted by Gasteiger charge is -2.20. The van der Waals surface area contributed by atoms with Crippen LogP contribution in [0.2, 0.25) is 0 Å². The number of hydrogen-bond donors (Lipinski definition) is 0. The summed E-state index contributed by atoms with van der Waals surface area (Å²) in [6.45, 7) is 0. The lowest BCUT2D eigenvalue weighted by molar-refractivity contribution is 1.08. The van der Waals surface area contributed by atoms with Gasteiger partial charge in [0, 0.05) is 42.9 Å². The van der Waals surface area contributed by atoms with Crippen molar-refractivity contribution in [1.29, 1.82) is 0 Å². The summed E-state index contributed by atoms with van der Waals surface area (Å²) in [6, 6.07) is 39.6. The summed E-state index contributed by atoms with van der Waals surface area (Å²) >= 11 is 1.75. The third kappa shape index (κ3) is 4.62. The molecule has 0 atom stereocenters. The number of para-hydroxylation sites is 2. The Bertz CT molecular complexity index is 2710. The number of rotatable bonds is 4. The quantitative estimate of drug-likeness (QED) is 0.273. The van der Waals surface area contributed by atoms with Crippen molar-refractivity contribution in [1.82, 2.24) is 19.5 Å². The fraction of sp³-hybridized carbons (Fsp3) is 0. The molecule has 0 saturated heterocycles. The number of fused-ring (bicyclic) bond motifs is 6. The lowest BCUT2D eigenvalue weighted by Crippen LogP contribution is -2.55. The Morgan fingerprint density at radius 3 is 1.67 bits per heavy atom. The van der Waals surface area contributed by atoms with Gasteiger partial charge >= 0.3 is 0 Å². The highest BCUT2D eigenvalue weighted by Gasteiger charge is 2.20. The van der Waals surface area contributed by atoms with E-state index in [-0.39, 0.29) is 33.1 Å². The van der Waals surface area contributed by atoms with Crippen LogP contribution in [0.5, 0.6) is 0 Å². The van der Waals surface area contributed by atoms with E-state index in [9.17, 15) is 0 Å². The van der Waals surface area contributed by atoms with Gasteiger partial charge in [0.25, 0.3) is 0 Å². The summed E-state index contributed by atoms with van der Waals surface area (Å²) in [4.78, 5) is 14.6. The first-order chi connectivity index (χ1) is 23.9. The van der Waals surface area contributed by atoms with Gasteiger partial charge in [0.2, 0.25) is 0 Å². The Morgan fingerprint density at radius 1 is 0.449 bits per heavy atom. The van der Waals surface area contributed by atoms with Crippen molar-refractivity contribution in [2.75, 3.05) is 0 Å². The van der Waals surface area contributed by atoms with Crippen molar-refractivity contribution in [2.45, 2.75) is 0 Å². The fourth-order valence-electron chi connectivity index (χ4n) is 6.70. The van der Waals surface area contributed by atoms with Gasteiger partial charge in [0.1, 0.15) is 39.2 Å². The van der Waals surface area contributed by atoms with Crippen molar-refractivity contribution >= 4 is 120 Å². The molecule has 10 radical (unpaired) electrons. The normalized spacial score (nSPS) is 11.7. The zero-order valence-electron chi connectivity index (χ0n) is 26.1. The SMILES string of the molecule is [B]c1c([B])c([B])c(-c2nc(-c3ccccc3)nc(-c3ccc4c(c3)sc3c(-n5c6ccccc6c6ccccc65)cccc34)n2)c([B])c1[B]. The second-order valence-electron chi connectivity index (χ2n) is 12.0. The van der Waals surface area contributed by atoms with Crippen LogP contribution in [0.15, 0.2) is 115 Å². The predicted molar refractivity (Wildman–Crippen MR) is 210 cm³/mol. The van der Waals surface area contributed by atoms with Gasteiger partial charge in [0.15, 0.2) is 17.5 Å². The summed E-state index contributed by atoms with van der Waals surface area (Å²) in [6.07, 6.45) is 0. The number of aromatic nitrogens is 4. The molecule has 3 heterocycles. The van der Waals surface area contributed by atoms with Crippen molar-refractivity contribution in [3.8, 4) is 39.9 Å². The topological polar surface area (TPSA) is 43.6 Å². The van der Waals surface area contributed by atoms with Crippen molar-refractivity contribution < 1.29 is 0 Å². The average molecular weight is 630 g/mol. The minimum atomic E-state index is 0.131. The second kappa shape index (κ2) is 11.4. The Labute approximate surface area is 293 Å². The Morgan fingerprint density at radius 2 is 1.00 bits per heavy atom. The van der Waals surface area contributed by atoms with E-state index in [0.29, 0.717) is 17.2 Å². The molecule has 0 fully saturated rings. The molecule has 0 bridgehead atoms. The van der Waals surface area contributed by atoms with E-state index in [1.807, 2.05) is 36.4 Å². The molecule has 0 amide bonds. The van der Waals surface area contributed by atoms with Crippen LogP contribution in [0.3, 0.4) is 0 Å². The maximum atomic E-state index is 6.46. The van der Waals surface area contributed by atoms with E-state index < -0.39 is 0 Å². The van der Waals surface area contributed by atoms with Crippen molar-refractivity contribution in [2.24, 2.45) is 0 Å². The highest BCUT2D eigenvalue weighted by Crippen LogP contribution is 2.41. The van der Waals surface area contributed by atoms with Crippen LogP contribution in [0, 0.1) is 0 Å². The third-order valence-corrected chi connectivity index (χ3v) is 10.3. The van der Waals surface area contributed by atoms with Gasteiger partial charge in [-0.25, -0.2) is 15.0 Å². The smallest absolute Gasteiger partial charge is 0.164 e. The third-order valence-electron chi connectivity index (χ3n) is 9.15. The molecule has 3 aromatic heterocycles. The standard InChI is InChI=1S/C39H19B5N4S/c40-31-30(32(41)34(43)35(44)33(31)42)39-46-37(20-9-2-1-3-10-20)45-38(47-39)21-17-18-24-25-13-8-16-28(36(25)49-29(24)19-21)48-26-14-6-4-11-22(26)23-12-5-7-15-27(23)48/h1-19H. The van der Waals surface area contributed by atoms with Crippen LogP contribution in [-0.4, -0.2) is 58.8 Å². The summed E-state index contributed by atoms with van der Waals surface area (Å²) in [7, 11) is 31.5. The van der Waals surface area contributed by atoms with Gasteiger partial charge in [-0.05, 0) is 24.3 Å². The van der Waals surface area contributed by atoms with Crippen molar-refractivity contribution in [3.63, 3.8) is 0 Å². The maximum absolute atomic E-state index is 6.46. The number of nitrogens with zero attached hydrogens (tertiary/aromatic N) is 4. The fourth-order valence-corrected chi connectivity index (χ4v) is 7.95. The van der Waals surface area contributed by atoms with Crippen molar-refractivity contribution in [3.05, 3.63) is 115 Å². The molecular weight excluding hydrogens is 611 g/mol. The van der Waals surface area contributed by atoms with Gasteiger partial charge in [-0.15, -0.1) is 27.7 Å². The minimum Gasteiger partial charge on any atom is -0.308 e. The minimum absolute atomic E-state index is 0.131. The first kappa shape index (κ1) is 29.8. The molecule has 0 N–H and O–H groups in total. The van der Waals surface area contributed by atoms with Gasteiger partial charge < -0.3 is 4.57 Å². The molecule has 0 unspecified atom stereocenters. The van der Waals surface area contributed by atoms with Gasteiger partial charge in [0.05, 0.1) is 21.4 Å². The molecule has 0 aliphatic rings. The second-order valence-corrected chi connectivity index (χ2v) is 13.0. The molecule has 0 aliphatic carbocycles. The largest absolute Gasteiger partial charge is 0.308 e. The van der Waals surface area contributed by atoms with Crippen LogP contribution in [0.25, 0.3) is 81.8 Å². The molecular formula is C39H19B5N4S. The number of thiophene rings is 1. The van der Waals surface area contributed by atoms with Crippen LogP contribution >= 0.6 is 11.3 Å². The monoisotopic (exact) mass is 630 g/mol. The maximum Gasteiger partial charge on any atom is 0.164 e. The first-order valence-corrected chi connectivity index (χ1v) is 16.5. The molecule has 6 aromatic carbocycles. The first-order valence-electron chi connectivity index (χ1n) is 15.7. The number of benzene rings is 6. The molecule has 0 saturated carbocycles. The van der Waals surface area contributed by atoms with Crippen LogP contribution in [0.1, 0.15) is 0 Å². The van der Waals surface area contributed by atoms with E-state index in [1.54, 1.807) is 11.3 Å². The molecule has 49 heavy (non-hydrogen) atoms. The summed E-state index contributed by atoms with van der Waals surface area (Å²) in [5.74, 6) is 1.17. The van der Waals surface area contributed by atoms with E-state index in [1.165, 1.54) is 31.9 Å². The average Bonchev–Trinajstić information content (AvgIpc) is 3.69. The van der Waals surface area contributed by atoms with Crippen LogP contribution in [0.4, 0.5) is 0 Å². The highest BCUT2D eigenvalue weighted by molar-refractivity contribution is 7.26. The van der Waals surface area contributed by atoms with E-state index in [2.05, 4.69) is 83.4 Å². The van der Waals surface area contributed by atoms with Gasteiger partial charge in [-0.2, -0.15) is 0 Å². The molecule has 4 nitrogen and oxygen atoms in total. The Balaban J connectivity index is 1.26. The zero-order chi connectivity index (χ0) is 33.4.